The summed E-state index contributed by atoms with van der Waals surface area (Å²) < 4.78 is 0. The van der Waals surface area contributed by atoms with Gasteiger partial charge in [0.25, 0.3) is 0 Å². The van der Waals surface area contributed by atoms with E-state index in [4.69, 9.17) is 0 Å². The van der Waals surface area contributed by atoms with Crippen LogP contribution < -0.4 is 0 Å². The minimum absolute atomic E-state index is 1.05. The second-order valence-corrected chi connectivity index (χ2v) is 3.43. The molecule has 1 aromatic carbocycles. The molecule has 0 amide bonds. The van der Waals surface area contributed by atoms with E-state index in [9.17, 15) is 0 Å². The average Bonchev–Trinajstić information content (AvgIpc) is 2.30. The number of hydrogen-bond donors (Lipinski definition) is 0. The summed E-state index contributed by atoms with van der Waals surface area (Å²) in [5, 5.41) is 0. The third-order valence-corrected chi connectivity index (χ3v) is 2.51. The highest BCUT2D eigenvalue weighted by Gasteiger charge is 2.01. The smallest absolute Gasteiger partial charge is 0.00915 e. The molecule has 0 bridgehead atoms. The van der Waals surface area contributed by atoms with Crippen LogP contribution >= 0.6 is 0 Å². The molecule has 0 unspecified atom stereocenters. The van der Waals surface area contributed by atoms with Crippen LogP contribution in [0, 0.1) is 0 Å². The van der Waals surface area contributed by atoms with Crippen LogP contribution in [0.3, 0.4) is 0 Å². The highest BCUT2D eigenvalue weighted by Crippen LogP contribution is 2.23. The number of benzene rings is 1. The van der Waals surface area contributed by atoms with Gasteiger partial charge in [0.15, 0.2) is 0 Å². The predicted molar refractivity (Wildman–Crippen MR) is 61.9 cm³/mol. The minimum Gasteiger partial charge on any atom is -0.0841 e. The standard InChI is InChI=1S/C14H14/c1-2-12-8-10-14(11-9-12)13-6-4-3-5-7-13/h2-8,10-11H,9H2,1H3. The topological polar surface area (TPSA) is 0 Å². The van der Waals surface area contributed by atoms with E-state index in [0.717, 1.165) is 6.42 Å². The molecule has 0 aliphatic heterocycles. The van der Waals surface area contributed by atoms with Crippen LogP contribution in [-0.4, -0.2) is 0 Å². The van der Waals surface area contributed by atoms with Gasteiger partial charge in [0.1, 0.15) is 0 Å². The van der Waals surface area contributed by atoms with Crippen molar-refractivity contribution in [3.63, 3.8) is 0 Å². The van der Waals surface area contributed by atoms with E-state index < -0.39 is 0 Å². The first kappa shape index (κ1) is 9.01. The molecule has 1 aliphatic rings. The van der Waals surface area contributed by atoms with Gasteiger partial charge in [-0.05, 0) is 30.1 Å². The van der Waals surface area contributed by atoms with Gasteiger partial charge in [0, 0.05) is 0 Å². The van der Waals surface area contributed by atoms with Gasteiger partial charge in [0.05, 0.1) is 0 Å². The van der Waals surface area contributed by atoms with E-state index in [2.05, 4.69) is 55.5 Å². The SMILES string of the molecule is CC=C1C=CC(c2ccccc2)=CC1. The van der Waals surface area contributed by atoms with Gasteiger partial charge in [0.2, 0.25) is 0 Å². The Morgan fingerprint density at radius 1 is 1.07 bits per heavy atom. The molecular formula is C14H14. The van der Waals surface area contributed by atoms with Crippen molar-refractivity contribution in [1.29, 1.82) is 0 Å². The summed E-state index contributed by atoms with van der Waals surface area (Å²) in [5.41, 5.74) is 4.03. The molecule has 0 radical (unpaired) electrons. The van der Waals surface area contributed by atoms with Crippen molar-refractivity contribution in [3.05, 3.63) is 65.8 Å². The Hall–Kier alpha value is -1.56. The molecule has 0 nitrogen and oxygen atoms in total. The normalized spacial score (nSPS) is 18.4. The van der Waals surface area contributed by atoms with Gasteiger partial charge in [-0.3, -0.25) is 0 Å². The van der Waals surface area contributed by atoms with Crippen molar-refractivity contribution in [2.75, 3.05) is 0 Å². The fourth-order valence-electron chi connectivity index (χ4n) is 1.62. The third-order valence-electron chi connectivity index (χ3n) is 2.51. The van der Waals surface area contributed by atoms with Crippen LogP contribution in [0.5, 0.6) is 0 Å². The van der Waals surface area contributed by atoms with Crippen LogP contribution in [-0.2, 0) is 0 Å². The third kappa shape index (κ3) is 1.85. The van der Waals surface area contributed by atoms with Gasteiger partial charge < -0.3 is 0 Å². The second-order valence-electron chi connectivity index (χ2n) is 3.43. The Morgan fingerprint density at radius 3 is 2.43 bits per heavy atom. The quantitative estimate of drug-likeness (QED) is 0.616. The average molecular weight is 182 g/mol. The minimum atomic E-state index is 1.05. The molecule has 2 rings (SSSR count). The highest BCUT2D eigenvalue weighted by molar-refractivity contribution is 5.76. The Bertz CT molecular complexity index is 391. The number of allylic oxidation sites excluding steroid dienone is 6. The Balaban J connectivity index is 2.24. The zero-order valence-electron chi connectivity index (χ0n) is 8.40. The first-order valence-corrected chi connectivity index (χ1v) is 4.99. The molecule has 0 saturated carbocycles. The van der Waals surface area contributed by atoms with Gasteiger partial charge in [-0.2, -0.15) is 0 Å². The van der Waals surface area contributed by atoms with E-state index >= 15 is 0 Å². The van der Waals surface area contributed by atoms with Crippen LogP contribution in [0.4, 0.5) is 0 Å². The monoisotopic (exact) mass is 182 g/mol. The zero-order valence-corrected chi connectivity index (χ0v) is 8.40. The summed E-state index contributed by atoms with van der Waals surface area (Å²) in [6, 6.07) is 10.5. The lowest BCUT2D eigenvalue weighted by atomic mass is 9.97. The lowest BCUT2D eigenvalue weighted by molar-refractivity contribution is 1.25. The maximum Gasteiger partial charge on any atom is -0.00915 e. The predicted octanol–water partition coefficient (Wildman–Crippen LogP) is 3.98. The van der Waals surface area contributed by atoms with Gasteiger partial charge in [-0.15, -0.1) is 0 Å². The molecule has 0 N–H and O–H groups in total. The van der Waals surface area contributed by atoms with Crippen LogP contribution in [0.15, 0.2) is 60.2 Å². The van der Waals surface area contributed by atoms with Crippen LogP contribution in [0.2, 0.25) is 0 Å². The van der Waals surface area contributed by atoms with E-state index in [0.29, 0.717) is 0 Å². The van der Waals surface area contributed by atoms with Crippen molar-refractivity contribution in [3.8, 4) is 0 Å². The van der Waals surface area contributed by atoms with E-state index in [1.807, 2.05) is 6.07 Å². The van der Waals surface area contributed by atoms with Gasteiger partial charge in [-0.25, -0.2) is 0 Å². The molecule has 70 valence electrons. The molecular weight excluding hydrogens is 168 g/mol. The molecule has 0 fully saturated rings. The van der Waals surface area contributed by atoms with Crippen molar-refractivity contribution in [2.45, 2.75) is 13.3 Å². The largest absolute Gasteiger partial charge is 0.0841 e. The summed E-state index contributed by atoms with van der Waals surface area (Å²) >= 11 is 0. The molecule has 1 aliphatic carbocycles. The number of rotatable bonds is 1. The van der Waals surface area contributed by atoms with Crippen molar-refractivity contribution in [1.82, 2.24) is 0 Å². The lowest BCUT2D eigenvalue weighted by Crippen LogP contribution is -1.87. The first-order chi connectivity index (χ1) is 6.90. The number of hydrogen-bond acceptors (Lipinski definition) is 0. The van der Waals surface area contributed by atoms with E-state index in [1.54, 1.807) is 0 Å². The molecule has 1 aromatic rings. The highest BCUT2D eigenvalue weighted by atomic mass is 14.1. The molecule has 0 aromatic heterocycles. The summed E-state index contributed by atoms with van der Waals surface area (Å²) in [5.74, 6) is 0. The molecule has 0 heteroatoms. The van der Waals surface area contributed by atoms with E-state index in [1.165, 1.54) is 16.7 Å². The Kier molecular flexibility index (Phi) is 2.64. The molecule has 0 spiro atoms. The summed E-state index contributed by atoms with van der Waals surface area (Å²) in [4.78, 5) is 0. The van der Waals surface area contributed by atoms with Gasteiger partial charge >= 0.3 is 0 Å². The Labute approximate surface area is 85.3 Å². The summed E-state index contributed by atoms with van der Waals surface area (Å²) in [6.45, 7) is 2.08. The first-order valence-electron chi connectivity index (χ1n) is 4.99. The lowest BCUT2D eigenvalue weighted by Gasteiger charge is -2.08. The fourth-order valence-corrected chi connectivity index (χ4v) is 1.62. The van der Waals surface area contributed by atoms with Crippen molar-refractivity contribution >= 4 is 5.57 Å². The molecule has 0 saturated heterocycles. The maximum absolute atomic E-state index is 2.28. The van der Waals surface area contributed by atoms with Crippen molar-refractivity contribution < 1.29 is 0 Å². The van der Waals surface area contributed by atoms with Crippen molar-refractivity contribution in [2.24, 2.45) is 0 Å². The molecule has 0 heterocycles. The molecule has 0 atom stereocenters. The maximum atomic E-state index is 2.28. The van der Waals surface area contributed by atoms with E-state index in [-0.39, 0.29) is 0 Å². The Morgan fingerprint density at radius 2 is 1.86 bits per heavy atom. The molecule has 14 heavy (non-hydrogen) atoms. The second kappa shape index (κ2) is 4.10. The zero-order chi connectivity index (χ0) is 9.80. The van der Waals surface area contributed by atoms with Crippen LogP contribution in [0.1, 0.15) is 18.9 Å². The van der Waals surface area contributed by atoms with Crippen LogP contribution in [0.25, 0.3) is 5.57 Å². The summed E-state index contributed by atoms with van der Waals surface area (Å²) in [6.07, 6.45) is 9.88. The fraction of sp³-hybridized carbons (Fsp3) is 0.143. The summed E-state index contributed by atoms with van der Waals surface area (Å²) in [7, 11) is 0. The van der Waals surface area contributed by atoms with Gasteiger partial charge in [-0.1, -0.05) is 54.6 Å².